The van der Waals surface area contributed by atoms with Crippen LogP contribution in [0.25, 0.3) is 0 Å². The quantitative estimate of drug-likeness (QED) is 0.722. The average Bonchev–Trinajstić information content (AvgIpc) is 2.02. The summed E-state index contributed by atoms with van der Waals surface area (Å²) in [6.45, 7) is 0. The van der Waals surface area contributed by atoms with Crippen LogP contribution in [0.5, 0.6) is 0 Å². The number of benzene rings is 1. The van der Waals surface area contributed by atoms with Gasteiger partial charge >= 0.3 is 0 Å². The van der Waals surface area contributed by atoms with E-state index in [0.717, 1.165) is 12.1 Å². The molecule has 0 unspecified atom stereocenters. The maximum Gasteiger partial charge on any atom is 0.265 e. The molecule has 0 radical (unpaired) electrons. The second-order valence-corrected chi connectivity index (χ2v) is 5.17. The number of nitriles is 1. The molecule has 0 aliphatic heterocycles. The van der Waals surface area contributed by atoms with Gasteiger partial charge in [0, 0.05) is 10.7 Å². The highest BCUT2D eigenvalue weighted by molar-refractivity contribution is 8.13. The van der Waals surface area contributed by atoms with E-state index in [1.165, 1.54) is 0 Å². The fourth-order valence-corrected chi connectivity index (χ4v) is 2.54. The van der Waals surface area contributed by atoms with Crippen molar-refractivity contribution in [2.24, 2.45) is 0 Å². The van der Waals surface area contributed by atoms with Crippen molar-refractivity contribution in [3.8, 4) is 6.07 Å². The zero-order valence-electron chi connectivity index (χ0n) is 6.46. The normalized spacial score (nSPS) is 11.0. The molecule has 1 rings (SSSR count). The maximum absolute atomic E-state index is 13.0. The topological polar surface area (TPSA) is 57.9 Å². The number of nitrogens with zero attached hydrogens (tertiary/aromatic N) is 1. The Hall–Kier alpha value is -0.830. The van der Waals surface area contributed by atoms with Crippen molar-refractivity contribution in [1.82, 2.24) is 0 Å². The first kappa shape index (κ1) is 11.2. The fraction of sp³-hybridized carbons (Fsp3) is 0. The summed E-state index contributed by atoms with van der Waals surface area (Å²) in [5.74, 6) is -1.08. The Kier molecular flexibility index (Phi) is 3.00. The van der Waals surface area contributed by atoms with Gasteiger partial charge in [-0.05, 0) is 12.1 Å². The summed E-state index contributed by atoms with van der Waals surface area (Å²) in [6, 6.07) is 3.51. The lowest BCUT2D eigenvalue weighted by Gasteiger charge is -2.02. The van der Waals surface area contributed by atoms with E-state index in [2.05, 4.69) is 0 Å². The molecule has 0 aromatic heterocycles. The molecule has 0 amide bonds. The molecule has 74 valence electrons. The lowest BCUT2D eigenvalue weighted by molar-refractivity contribution is 0.575. The molecule has 1 aromatic carbocycles. The van der Waals surface area contributed by atoms with Crippen LogP contribution in [0.1, 0.15) is 5.56 Å². The van der Waals surface area contributed by atoms with Crippen LogP contribution < -0.4 is 0 Å². The standard InChI is InChI=1S/C7H2Cl2FNO2S/c8-6-4(3-11)1-2-5(10)7(6)14(9,12)13/h1-2H. The van der Waals surface area contributed by atoms with E-state index in [0.29, 0.717) is 0 Å². The Morgan fingerprint density at radius 2 is 2.00 bits per heavy atom. The van der Waals surface area contributed by atoms with Gasteiger partial charge < -0.3 is 0 Å². The zero-order chi connectivity index (χ0) is 10.9. The van der Waals surface area contributed by atoms with Gasteiger partial charge in [-0.1, -0.05) is 11.6 Å². The second-order valence-electron chi connectivity index (χ2n) is 2.29. The van der Waals surface area contributed by atoms with Crippen LogP contribution in [0.3, 0.4) is 0 Å². The number of rotatable bonds is 1. The highest BCUT2D eigenvalue weighted by atomic mass is 35.7. The monoisotopic (exact) mass is 253 g/mol. The van der Waals surface area contributed by atoms with Gasteiger partial charge in [-0.25, -0.2) is 12.8 Å². The zero-order valence-corrected chi connectivity index (χ0v) is 8.79. The molecular weight excluding hydrogens is 252 g/mol. The van der Waals surface area contributed by atoms with Gasteiger partial charge in [0.2, 0.25) is 0 Å². The molecule has 0 saturated carbocycles. The van der Waals surface area contributed by atoms with Gasteiger partial charge in [0.1, 0.15) is 16.8 Å². The summed E-state index contributed by atoms with van der Waals surface area (Å²) < 4.78 is 34.8. The largest absolute Gasteiger partial charge is 0.265 e. The molecule has 0 bridgehead atoms. The smallest absolute Gasteiger partial charge is 0.207 e. The lowest BCUT2D eigenvalue weighted by Crippen LogP contribution is -1.98. The summed E-state index contributed by atoms with van der Waals surface area (Å²) in [7, 11) is 0.654. The van der Waals surface area contributed by atoms with Crippen molar-refractivity contribution in [2.75, 3.05) is 0 Å². The Labute approximate surface area is 89.1 Å². The maximum atomic E-state index is 13.0. The fourth-order valence-electron chi connectivity index (χ4n) is 0.842. The molecule has 0 heterocycles. The highest BCUT2D eigenvalue weighted by Crippen LogP contribution is 2.30. The third-order valence-corrected chi connectivity index (χ3v) is 3.27. The van der Waals surface area contributed by atoms with Crippen molar-refractivity contribution >= 4 is 31.3 Å². The van der Waals surface area contributed by atoms with Gasteiger partial charge in [-0.2, -0.15) is 5.26 Å². The van der Waals surface area contributed by atoms with Gasteiger partial charge in [-0.15, -0.1) is 0 Å². The minimum absolute atomic E-state index is 0.146. The molecule has 3 nitrogen and oxygen atoms in total. The Bertz CT molecular complexity index is 521. The van der Waals surface area contributed by atoms with Crippen molar-refractivity contribution in [3.05, 3.63) is 28.5 Å². The van der Waals surface area contributed by atoms with Crippen molar-refractivity contribution < 1.29 is 12.8 Å². The lowest BCUT2D eigenvalue weighted by atomic mass is 10.2. The van der Waals surface area contributed by atoms with E-state index in [4.69, 9.17) is 27.5 Å². The summed E-state index contributed by atoms with van der Waals surface area (Å²) in [5.41, 5.74) is -0.146. The number of hydrogen-bond donors (Lipinski definition) is 0. The summed E-state index contributed by atoms with van der Waals surface area (Å²) in [4.78, 5) is -0.861. The van der Waals surface area contributed by atoms with E-state index in [9.17, 15) is 12.8 Å². The first-order chi connectivity index (χ1) is 6.38. The number of halogens is 3. The molecule has 7 heteroatoms. The van der Waals surface area contributed by atoms with Crippen LogP contribution in [0.2, 0.25) is 5.02 Å². The molecule has 0 saturated heterocycles. The van der Waals surface area contributed by atoms with E-state index in [1.807, 2.05) is 0 Å². The van der Waals surface area contributed by atoms with Crippen LogP contribution in [0.4, 0.5) is 4.39 Å². The number of hydrogen-bond acceptors (Lipinski definition) is 3. The third kappa shape index (κ3) is 1.98. The van der Waals surface area contributed by atoms with Gasteiger partial charge in [0.15, 0.2) is 0 Å². The predicted molar refractivity (Wildman–Crippen MR) is 49.2 cm³/mol. The molecule has 14 heavy (non-hydrogen) atoms. The molecular formula is C7H2Cl2FNO2S. The van der Waals surface area contributed by atoms with Crippen molar-refractivity contribution in [1.29, 1.82) is 5.26 Å². The van der Waals surface area contributed by atoms with Crippen molar-refractivity contribution in [3.63, 3.8) is 0 Å². The SMILES string of the molecule is N#Cc1ccc(F)c(S(=O)(=O)Cl)c1Cl. The van der Waals surface area contributed by atoms with E-state index >= 15 is 0 Å². The molecule has 1 aromatic rings. The molecule has 0 fully saturated rings. The molecule has 0 aliphatic carbocycles. The van der Waals surface area contributed by atoms with E-state index in [-0.39, 0.29) is 5.56 Å². The van der Waals surface area contributed by atoms with Gasteiger partial charge in [-0.3, -0.25) is 0 Å². The summed E-state index contributed by atoms with van der Waals surface area (Å²) in [5, 5.41) is 8.01. The van der Waals surface area contributed by atoms with Crippen molar-refractivity contribution in [2.45, 2.75) is 4.90 Å². The van der Waals surface area contributed by atoms with Crippen LogP contribution in [-0.2, 0) is 9.05 Å². The molecule has 0 atom stereocenters. The first-order valence-electron chi connectivity index (χ1n) is 3.20. The van der Waals surface area contributed by atoms with Gasteiger partial charge in [0.25, 0.3) is 9.05 Å². The van der Waals surface area contributed by atoms with Crippen LogP contribution >= 0.6 is 22.3 Å². The Balaban J connectivity index is 3.68. The molecule has 0 N–H and O–H groups in total. The van der Waals surface area contributed by atoms with E-state index < -0.39 is 24.8 Å². The highest BCUT2D eigenvalue weighted by Gasteiger charge is 2.22. The third-order valence-electron chi connectivity index (χ3n) is 1.41. The first-order valence-corrected chi connectivity index (χ1v) is 5.89. The average molecular weight is 254 g/mol. The van der Waals surface area contributed by atoms with Gasteiger partial charge in [0.05, 0.1) is 10.6 Å². The molecule has 0 spiro atoms. The summed E-state index contributed by atoms with van der Waals surface area (Å²) in [6.07, 6.45) is 0. The second kappa shape index (κ2) is 3.73. The molecule has 0 aliphatic rings. The Morgan fingerprint density at radius 1 is 1.43 bits per heavy atom. The van der Waals surface area contributed by atoms with Crippen LogP contribution in [0, 0.1) is 17.1 Å². The predicted octanol–water partition coefficient (Wildman–Crippen LogP) is 2.28. The minimum atomic E-state index is -4.28. The van der Waals surface area contributed by atoms with Crippen LogP contribution in [0.15, 0.2) is 17.0 Å². The Morgan fingerprint density at radius 3 is 2.43 bits per heavy atom. The minimum Gasteiger partial charge on any atom is -0.207 e. The van der Waals surface area contributed by atoms with Crippen LogP contribution in [-0.4, -0.2) is 8.42 Å². The van der Waals surface area contributed by atoms with E-state index in [1.54, 1.807) is 6.07 Å². The summed E-state index contributed by atoms with van der Waals surface area (Å²) >= 11 is 5.47.